The summed E-state index contributed by atoms with van der Waals surface area (Å²) in [5.74, 6) is 0.355. The van der Waals surface area contributed by atoms with Crippen LogP contribution in [0.5, 0.6) is 0 Å². The second kappa shape index (κ2) is 6.06. The molecule has 2 N–H and O–H groups in total. The fourth-order valence-electron chi connectivity index (χ4n) is 1.36. The normalized spacial score (nSPS) is 11.2. The van der Waals surface area contributed by atoms with Crippen molar-refractivity contribution in [2.75, 3.05) is 17.1 Å². The number of anilines is 2. The Morgan fingerprint density at radius 3 is 2.35 bits per heavy atom. The summed E-state index contributed by atoms with van der Waals surface area (Å²) in [4.78, 5) is 7.75. The van der Waals surface area contributed by atoms with Crippen molar-refractivity contribution in [1.82, 2.24) is 9.97 Å². The highest BCUT2D eigenvalue weighted by molar-refractivity contribution is 9.11. The molecule has 0 aliphatic heterocycles. The van der Waals surface area contributed by atoms with E-state index >= 15 is 0 Å². The van der Waals surface area contributed by atoms with Gasteiger partial charge in [-0.1, -0.05) is 15.9 Å². The van der Waals surface area contributed by atoms with E-state index in [1.54, 1.807) is 25.2 Å². The van der Waals surface area contributed by atoms with Crippen molar-refractivity contribution in [3.8, 4) is 0 Å². The van der Waals surface area contributed by atoms with Crippen LogP contribution in [0.2, 0.25) is 0 Å². The Morgan fingerprint density at radius 1 is 1.15 bits per heavy atom. The van der Waals surface area contributed by atoms with Gasteiger partial charge in [0.15, 0.2) is 0 Å². The average Bonchev–Trinajstić information content (AvgIpc) is 2.42. The summed E-state index contributed by atoms with van der Waals surface area (Å²) in [7, 11) is -2.07. The molecule has 0 radical (unpaired) electrons. The Hall–Kier alpha value is -1.19. The molecule has 0 unspecified atom stereocenters. The number of sulfonamides is 1. The van der Waals surface area contributed by atoms with E-state index in [1.165, 1.54) is 12.4 Å². The molecule has 9 heteroatoms. The van der Waals surface area contributed by atoms with Crippen molar-refractivity contribution < 1.29 is 8.42 Å². The largest absolute Gasteiger partial charge is 0.357 e. The fraction of sp³-hybridized carbons (Fsp3) is 0.0909. The second-order valence-electron chi connectivity index (χ2n) is 3.72. The topological polar surface area (TPSA) is 84.0 Å². The van der Waals surface area contributed by atoms with Crippen LogP contribution in [0, 0.1) is 0 Å². The number of nitrogens with zero attached hydrogens (tertiary/aromatic N) is 2. The van der Waals surface area contributed by atoms with Gasteiger partial charge in [-0.3, -0.25) is 4.72 Å². The lowest BCUT2D eigenvalue weighted by molar-refractivity contribution is 0.600. The molecule has 6 nitrogen and oxygen atoms in total. The molecule has 0 aliphatic rings. The molecule has 0 saturated heterocycles. The average molecular weight is 422 g/mol. The van der Waals surface area contributed by atoms with Crippen LogP contribution in [-0.4, -0.2) is 25.4 Å². The van der Waals surface area contributed by atoms with E-state index in [2.05, 4.69) is 51.9 Å². The lowest BCUT2D eigenvalue weighted by Crippen LogP contribution is -2.14. The Labute approximate surface area is 133 Å². The number of nitrogens with one attached hydrogen (secondary N) is 2. The molecule has 0 amide bonds. The standard InChI is InChI=1S/C11H10Br2N4O2S/c1-14-11-15-5-8(6-16-11)20(18,19)17-10-3-2-7(12)4-9(10)13/h2-6,17H,1H3,(H,14,15,16). The van der Waals surface area contributed by atoms with Crippen LogP contribution in [0.4, 0.5) is 11.6 Å². The molecule has 0 saturated carbocycles. The van der Waals surface area contributed by atoms with Gasteiger partial charge in [0.05, 0.1) is 18.1 Å². The van der Waals surface area contributed by atoms with Gasteiger partial charge in [-0.25, -0.2) is 18.4 Å². The van der Waals surface area contributed by atoms with Crippen molar-refractivity contribution in [1.29, 1.82) is 0 Å². The third-order valence-electron chi connectivity index (χ3n) is 2.34. The molecule has 0 bridgehead atoms. The van der Waals surface area contributed by atoms with Gasteiger partial charge in [0, 0.05) is 16.0 Å². The van der Waals surface area contributed by atoms with Gasteiger partial charge in [-0.05, 0) is 34.1 Å². The molecule has 106 valence electrons. The molecule has 1 aromatic heterocycles. The number of benzene rings is 1. The molecule has 2 aromatic rings. The Kier molecular flexibility index (Phi) is 4.61. The van der Waals surface area contributed by atoms with E-state index in [0.717, 1.165) is 4.47 Å². The molecule has 1 aromatic carbocycles. The number of hydrogen-bond donors (Lipinski definition) is 2. The SMILES string of the molecule is CNc1ncc(S(=O)(=O)Nc2ccc(Br)cc2Br)cn1. The summed E-state index contributed by atoms with van der Waals surface area (Å²) < 4.78 is 28.3. The Balaban J connectivity index is 2.30. The zero-order valence-electron chi connectivity index (χ0n) is 10.3. The van der Waals surface area contributed by atoms with Gasteiger partial charge in [-0.15, -0.1) is 0 Å². The van der Waals surface area contributed by atoms with Crippen LogP contribution in [0.15, 0.2) is 44.4 Å². The minimum absolute atomic E-state index is 0.00804. The highest BCUT2D eigenvalue weighted by Gasteiger charge is 2.16. The summed E-state index contributed by atoms with van der Waals surface area (Å²) in [5.41, 5.74) is 0.436. The summed E-state index contributed by atoms with van der Waals surface area (Å²) in [6.45, 7) is 0. The van der Waals surface area contributed by atoms with Crippen LogP contribution in [0.3, 0.4) is 0 Å². The Bertz CT molecular complexity index is 720. The predicted octanol–water partition coefficient (Wildman–Crippen LogP) is 2.84. The summed E-state index contributed by atoms with van der Waals surface area (Å²) in [6, 6.07) is 5.14. The number of rotatable bonds is 4. The van der Waals surface area contributed by atoms with E-state index in [4.69, 9.17) is 0 Å². The molecule has 2 rings (SSSR count). The van der Waals surface area contributed by atoms with Gasteiger partial charge in [-0.2, -0.15) is 0 Å². The molecule has 0 fully saturated rings. The van der Waals surface area contributed by atoms with Crippen molar-refractivity contribution in [3.05, 3.63) is 39.5 Å². The summed E-state index contributed by atoms with van der Waals surface area (Å²) >= 11 is 6.60. The van der Waals surface area contributed by atoms with Crippen LogP contribution in [0.1, 0.15) is 0 Å². The molecule has 0 atom stereocenters. The van der Waals surface area contributed by atoms with Crippen molar-refractivity contribution in [3.63, 3.8) is 0 Å². The van der Waals surface area contributed by atoms with Crippen LogP contribution in [0.25, 0.3) is 0 Å². The third-order valence-corrected chi connectivity index (χ3v) is 4.81. The van der Waals surface area contributed by atoms with E-state index in [1.807, 2.05) is 0 Å². The number of halogens is 2. The zero-order chi connectivity index (χ0) is 14.8. The maximum absolute atomic E-state index is 12.2. The zero-order valence-corrected chi connectivity index (χ0v) is 14.3. The van der Waals surface area contributed by atoms with E-state index in [0.29, 0.717) is 16.1 Å². The first-order valence-electron chi connectivity index (χ1n) is 5.40. The smallest absolute Gasteiger partial charge is 0.265 e. The monoisotopic (exact) mass is 420 g/mol. The van der Waals surface area contributed by atoms with Gasteiger partial charge < -0.3 is 5.32 Å². The Morgan fingerprint density at radius 2 is 1.80 bits per heavy atom. The molecule has 0 aliphatic carbocycles. The first-order valence-corrected chi connectivity index (χ1v) is 8.47. The molecule has 0 spiro atoms. The highest BCUT2D eigenvalue weighted by Crippen LogP contribution is 2.28. The molecule has 1 heterocycles. The highest BCUT2D eigenvalue weighted by atomic mass is 79.9. The minimum atomic E-state index is -3.72. The minimum Gasteiger partial charge on any atom is -0.357 e. The van der Waals surface area contributed by atoms with E-state index in [9.17, 15) is 8.42 Å². The summed E-state index contributed by atoms with van der Waals surface area (Å²) in [5, 5.41) is 2.72. The van der Waals surface area contributed by atoms with Gasteiger partial charge in [0.25, 0.3) is 10.0 Å². The van der Waals surface area contributed by atoms with Crippen LogP contribution >= 0.6 is 31.9 Å². The first kappa shape index (κ1) is 15.2. The predicted molar refractivity (Wildman–Crippen MR) is 84.2 cm³/mol. The fourth-order valence-corrected chi connectivity index (χ4v) is 3.61. The molecular weight excluding hydrogens is 412 g/mol. The third kappa shape index (κ3) is 3.47. The van der Waals surface area contributed by atoms with Crippen LogP contribution in [-0.2, 0) is 10.0 Å². The number of aromatic nitrogens is 2. The van der Waals surface area contributed by atoms with Gasteiger partial charge in [0.1, 0.15) is 4.90 Å². The van der Waals surface area contributed by atoms with Gasteiger partial charge >= 0.3 is 0 Å². The number of hydrogen-bond acceptors (Lipinski definition) is 5. The van der Waals surface area contributed by atoms with E-state index < -0.39 is 10.0 Å². The maximum Gasteiger partial charge on any atom is 0.265 e. The van der Waals surface area contributed by atoms with Crippen LogP contribution < -0.4 is 10.0 Å². The van der Waals surface area contributed by atoms with Crippen molar-refractivity contribution >= 4 is 53.5 Å². The lowest BCUT2D eigenvalue weighted by atomic mass is 10.3. The van der Waals surface area contributed by atoms with Gasteiger partial charge in [0.2, 0.25) is 5.95 Å². The quantitative estimate of drug-likeness (QED) is 0.792. The van der Waals surface area contributed by atoms with Crippen molar-refractivity contribution in [2.24, 2.45) is 0 Å². The van der Waals surface area contributed by atoms with E-state index in [-0.39, 0.29) is 4.90 Å². The lowest BCUT2D eigenvalue weighted by Gasteiger charge is -2.09. The molecular formula is C11H10Br2N4O2S. The van der Waals surface area contributed by atoms with Crippen molar-refractivity contribution in [2.45, 2.75) is 4.90 Å². The summed E-state index contributed by atoms with van der Waals surface area (Å²) in [6.07, 6.45) is 2.49. The molecule has 20 heavy (non-hydrogen) atoms. The first-order chi connectivity index (χ1) is 9.42. The maximum atomic E-state index is 12.2. The second-order valence-corrected chi connectivity index (χ2v) is 7.17.